The van der Waals surface area contributed by atoms with Crippen LogP contribution in [-0.4, -0.2) is 34.9 Å². The topological polar surface area (TPSA) is 41.1 Å². The molecule has 4 nitrogen and oxygen atoms in total. The SMILES string of the molecule is C=C1CC(Nc2cc(CCS)nc(N3CC(c4ccc(F)cc4)C3)n2)C1C. The number of hydrogen-bond acceptors (Lipinski definition) is 5. The second-order valence-corrected chi connectivity index (χ2v) is 8.02. The highest BCUT2D eigenvalue weighted by Crippen LogP contribution is 2.35. The molecule has 1 N–H and O–H groups in total. The van der Waals surface area contributed by atoms with E-state index in [2.05, 4.69) is 36.3 Å². The summed E-state index contributed by atoms with van der Waals surface area (Å²) in [5.74, 6) is 3.08. The van der Waals surface area contributed by atoms with Gasteiger partial charge in [-0.1, -0.05) is 31.2 Å². The average Bonchev–Trinajstić information content (AvgIpc) is 2.62. The van der Waals surface area contributed by atoms with Crippen molar-refractivity contribution in [1.29, 1.82) is 0 Å². The maximum Gasteiger partial charge on any atom is 0.227 e. The first-order valence-corrected chi connectivity index (χ1v) is 10.1. The number of hydrogen-bond donors (Lipinski definition) is 2. The summed E-state index contributed by atoms with van der Waals surface area (Å²) >= 11 is 4.35. The van der Waals surface area contributed by atoms with E-state index in [1.165, 1.54) is 23.3 Å². The largest absolute Gasteiger partial charge is 0.366 e. The predicted octanol–water partition coefficient (Wildman–Crippen LogP) is 4.07. The van der Waals surface area contributed by atoms with Gasteiger partial charge in [0.1, 0.15) is 11.6 Å². The minimum absolute atomic E-state index is 0.193. The van der Waals surface area contributed by atoms with E-state index >= 15 is 0 Å². The van der Waals surface area contributed by atoms with Crippen molar-refractivity contribution in [3.8, 4) is 0 Å². The van der Waals surface area contributed by atoms with Crippen molar-refractivity contribution < 1.29 is 4.39 Å². The maximum atomic E-state index is 13.1. The van der Waals surface area contributed by atoms with Gasteiger partial charge in [0.05, 0.1) is 0 Å². The van der Waals surface area contributed by atoms with Gasteiger partial charge in [-0.15, -0.1) is 0 Å². The molecule has 2 fully saturated rings. The molecule has 0 radical (unpaired) electrons. The Labute approximate surface area is 165 Å². The Balaban J connectivity index is 1.47. The minimum atomic E-state index is -0.193. The van der Waals surface area contributed by atoms with E-state index in [0.29, 0.717) is 17.9 Å². The van der Waals surface area contributed by atoms with E-state index < -0.39 is 0 Å². The van der Waals surface area contributed by atoms with Crippen LogP contribution in [0.3, 0.4) is 0 Å². The zero-order valence-electron chi connectivity index (χ0n) is 15.5. The van der Waals surface area contributed by atoms with Crippen molar-refractivity contribution in [3.63, 3.8) is 0 Å². The Morgan fingerprint density at radius 3 is 2.63 bits per heavy atom. The predicted molar refractivity (Wildman–Crippen MR) is 111 cm³/mol. The molecule has 0 spiro atoms. The summed E-state index contributed by atoms with van der Waals surface area (Å²) in [4.78, 5) is 11.7. The number of benzene rings is 1. The first-order valence-electron chi connectivity index (χ1n) is 9.47. The first kappa shape index (κ1) is 18.3. The lowest BCUT2D eigenvalue weighted by molar-refractivity contribution is 0.426. The van der Waals surface area contributed by atoms with Crippen LogP contribution in [0.4, 0.5) is 16.2 Å². The van der Waals surface area contributed by atoms with Gasteiger partial charge in [-0.25, -0.2) is 9.37 Å². The van der Waals surface area contributed by atoms with Gasteiger partial charge in [-0.2, -0.15) is 17.6 Å². The van der Waals surface area contributed by atoms with Crippen LogP contribution >= 0.6 is 12.6 Å². The summed E-state index contributed by atoms with van der Waals surface area (Å²) in [5, 5.41) is 3.54. The fourth-order valence-electron chi connectivity index (χ4n) is 3.66. The lowest BCUT2D eigenvalue weighted by atomic mass is 9.76. The molecular formula is C21H25FN4S. The van der Waals surface area contributed by atoms with Crippen LogP contribution in [0.2, 0.25) is 0 Å². The van der Waals surface area contributed by atoms with Crippen LogP contribution < -0.4 is 10.2 Å². The standard InChI is InChI=1S/C21H25FN4S/c1-13-9-19(14(13)2)24-20-10-18(7-8-27)23-21(25-20)26-11-16(12-26)15-3-5-17(22)6-4-15/h3-6,10,14,16,19,27H,1,7-9,11-12H2,2H3,(H,23,24,25). The van der Waals surface area contributed by atoms with Crippen molar-refractivity contribution in [2.45, 2.75) is 31.7 Å². The van der Waals surface area contributed by atoms with Crippen molar-refractivity contribution in [3.05, 3.63) is 59.6 Å². The second-order valence-electron chi connectivity index (χ2n) is 7.57. The third-order valence-corrected chi connectivity index (χ3v) is 5.93. The number of anilines is 2. The van der Waals surface area contributed by atoms with Gasteiger partial charge < -0.3 is 10.2 Å². The highest BCUT2D eigenvalue weighted by Gasteiger charge is 2.32. The molecule has 6 heteroatoms. The van der Waals surface area contributed by atoms with Crippen LogP contribution in [-0.2, 0) is 6.42 Å². The van der Waals surface area contributed by atoms with Gasteiger partial charge in [0.2, 0.25) is 5.95 Å². The van der Waals surface area contributed by atoms with E-state index in [9.17, 15) is 4.39 Å². The molecule has 1 saturated carbocycles. The third kappa shape index (κ3) is 3.81. The maximum absolute atomic E-state index is 13.1. The molecule has 1 aromatic heterocycles. The van der Waals surface area contributed by atoms with E-state index in [1.54, 1.807) is 0 Å². The minimum Gasteiger partial charge on any atom is -0.366 e. The third-order valence-electron chi connectivity index (χ3n) is 5.70. The fourth-order valence-corrected chi connectivity index (χ4v) is 3.89. The van der Waals surface area contributed by atoms with E-state index in [4.69, 9.17) is 9.97 Å². The van der Waals surface area contributed by atoms with Gasteiger partial charge >= 0.3 is 0 Å². The molecule has 142 valence electrons. The number of nitrogens with zero attached hydrogens (tertiary/aromatic N) is 3. The molecular weight excluding hydrogens is 359 g/mol. The highest BCUT2D eigenvalue weighted by atomic mass is 32.1. The van der Waals surface area contributed by atoms with Crippen molar-refractivity contribution in [1.82, 2.24) is 9.97 Å². The molecule has 0 bridgehead atoms. The summed E-state index contributed by atoms with van der Waals surface area (Å²) in [5.41, 5.74) is 3.47. The summed E-state index contributed by atoms with van der Waals surface area (Å²) in [6, 6.07) is 9.22. The lowest BCUT2D eigenvalue weighted by Gasteiger charge is -2.40. The monoisotopic (exact) mass is 384 g/mol. The molecule has 4 rings (SSSR count). The van der Waals surface area contributed by atoms with Gasteiger partial charge in [0.25, 0.3) is 0 Å². The lowest BCUT2D eigenvalue weighted by Crippen LogP contribution is -2.46. The number of thiol groups is 1. The zero-order valence-corrected chi connectivity index (χ0v) is 16.4. The van der Waals surface area contributed by atoms with Gasteiger partial charge in [-0.05, 0) is 42.2 Å². The Morgan fingerprint density at radius 1 is 1.26 bits per heavy atom. The molecule has 2 aliphatic rings. The van der Waals surface area contributed by atoms with E-state index in [1.807, 2.05) is 18.2 Å². The molecule has 1 saturated heterocycles. The molecule has 1 aliphatic heterocycles. The molecule has 0 amide bonds. The molecule has 2 heterocycles. The average molecular weight is 385 g/mol. The molecule has 2 unspecified atom stereocenters. The number of nitrogens with one attached hydrogen (secondary N) is 1. The van der Waals surface area contributed by atoms with Crippen molar-refractivity contribution in [2.75, 3.05) is 29.1 Å². The van der Waals surface area contributed by atoms with Crippen LogP contribution in [0.1, 0.15) is 30.5 Å². The second kappa shape index (κ2) is 7.50. The Hall–Kier alpha value is -2.08. The molecule has 2 atom stereocenters. The molecule has 1 aliphatic carbocycles. The normalized spacial score (nSPS) is 22.3. The Morgan fingerprint density at radius 2 is 2.00 bits per heavy atom. The van der Waals surface area contributed by atoms with Crippen LogP contribution in [0, 0.1) is 11.7 Å². The highest BCUT2D eigenvalue weighted by molar-refractivity contribution is 7.80. The first-order chi connectivity index (χ1) is 13.0. The summed E-state index contributed by atoms with van der Waals surface area (Å²) in [6.45, 7) is 7.98. The summed E-state index contributed by atoms with van der Waals surface area (Å²) in [6.07, 6.45) is 1.81. The van der Waals surface area contributed by atoms with Crippen LogP contribution in [0.25, 0.3) is 0 Å². The number of aromatic nitrogens is 2. The zero-order chi connectivity index (χ0) is 19.0. The van der Waals surface area contributed by atoms with Crippen LogP contribution in [0.15, 0.2) is 42.5 Å². The molecule has 27 heavy (non-hydrogen) atoms. The number of halogens is 1. The Kier molecular flexibility index (Phi) is 5.08. The smallest absolute Gasteiger partial charge is 0.227 e. The van der Waals surface area contributed by atoms with E-state index in [-0.39, 0.29) is 5.82 Å². The molecule has 2 aromatic rings. The number of rotatable bonds is 6. The van der Waals surface area contributed by atoms with E-state index in [0.717, 1.165) is 49.1 Å². The number of aryl methyl sites for hydroxylation is 1. The molecule has 1 aromatic carbocycles. The van der Waals surface area contributed by atoms with Crippen LogP contribution in [0.5, 0.6) is 0 Å². The van der Waals surface area contributed by atoms with Crippen molar-refractivity contribution in [2.24, 2.45) is 5.92 Å². The van der Waals surface area contributed by atoms with Gasteiger partial charge in [-0.3, -0.25) is 0 Å². The van der Waals surface area contributed by atoms with Crippen molar-refractivity contribution >= 4 is 24.4 Å². The van der Waals surface area contributed by atoms with Gasteiger partial charge in [0.15, 0.2) is 0 Å². The summed E-state index contributed by atoms with van der Waals surface area (Å²) in [7, 11) is 0. The summed E-state index contributed by atoms with van der Waals surface area (Å²) < 4.78 is 13.1. The fraction of sp³-hybridized carbons (Fsp3) is 0.429. The quantitative estimate of drug-likeness (QED) is 0.582. The van der Waals surface area contributed by atoms with Gasteiger partial charge in [0, 0.05) is 36.8 Å². The Bertz CT molecular complexity index is 833.